The van der Waals surface area contributed by atoms with Gasteiger partial charge in [0.2, 0.25) is 0 Å². The van der Waals surface area contributed by atoms with E-state index in [-0.39, 0.29) is 0 Å². The summed E-state index contributed by atoms with van der Waals surface area (Å²) in [6, 6.07) is 82.8. The Hall–Kier alpha value is -7.22. The molecule has 1 spiro atoms. The Morgan fingerprint density at radius 3 is 1.05 bits per heavy atom. The molecule has 1 heteroatoms. The van der Waals surface area contributed by atoms with E-state index in [2.05, 4.69) is 229 Å². The van der Waals surface area contributed by atoms with Gasteiger partial charge in [-0.3, -0.25) is 0 Å². The van der Waals surface area contributed by atoms with Gasteiger partial charge in [0.25, 0.3) is 0 Å². The predicted octanol–water partition coefficient (Wildman–Crippen LogP) is 14.5. The maximum Gasteiger partial charge on any atom is 0.0726 e. The van der Waals surface area contributed by atoms with Crippen molar-refractivity contribution in [2.24, 2.45) is 0 Å². The maximum atomic E-state index is 2.51. The van der Waals surface area contributed by atoms with Crippen LogP contribution in [0.25, 0.3) is 55.6 Å². The maximum absolute atomic E-state index is 2.51. The molecule has 0 radical (unpaired) electrons. The van der Waals surface area contributed by atoms with Crippen LogP contribution in [0.1, 0.15) is 22.3 Å². The number of benzene rings is 9. The van der Waals surface area contributed by atoms with Gasteiger partial charge >= 0.3 is 0 Å². The van der Waals surface area contributed by atoms with Crippen LogP contribution >= 0.6 is 0 Å². The van der Waals surface area contributed by atoms with Crippen LogP contribution in [0.4, 0.5) is 17.1 Å². The lowest BCUT2D eigenvalue weighted by Gasteiger charge is -2.37. The molecule has 0 amide bonds. The Balaban J connectivity index is 1.28. The first-order valence-electron chi connectivity index (χ1n) is 19.4. The van der Waals surface area contributed by atoms with Crippen molar-refractivity contribution in [1.29, 1.82) is 0 Å². The van der Waals surface area contributed by atoms with E-state index in [9.17, 15) is 0 Å². The molecule has 0 saturated heterocycles. The molecule has 0 heterocycles. The molecule has 9 aromatic rings. The fourth-order valence-corrected chi connectivity index (χ4v) is 9.64. The zero-order valence-corrected chi connectivity index (χ0v) is 30.8. The third kappa shape index (κ3) is 4.74. The van der Waals surface area contributed by atoms with Crippen molar-refractivity contribution in [2.45, 2.75) is 5.41 Å². The van der Waals surface area contributed by atoms with Crippen molar-refractivity contribution in [3.05, 3.63) is 247 Å². The summed E-state index contributed by atoms with van der Waals surface area (Å²) < 4.78 is 0. The minimum Gasteiger partial charge on any atom is -0.309 e. The summed E-state index contributed by atoms with van der Waals surface area (Å²) in [7, 11) is 0. The monoisotopic (exact) mass is 711 g/mol. The topological polar surface area (TPSA) is 3.24 Å². The van der Waals surface area contributed by atoms with Gasteiger partial charge in [0.1, 0.15) is 0 Å². The Morgan fingerprint density at radius 2 is 0.589 bits per heavy atom. The van der Waals surface area contributed by atoms with Gasteiger partial charge in [-0.15, -0.1) is 0 Å². The predicted molar refractivity (Wildman–Crippen MR) is 234 cm³/mol. The number of fused-ring (bicyclic) bond motifs is 12. The second kappa shape index (κ2) is 13.0. The van der Waals surface area contributed by atoms with Crippen molar-refractivity contribution in [2.75, 3.05) is 4.90 Å². The highest BCUT2D eigenvalue weighted by atomic mass is 15.1. The first-order chi connectivity index (χ1) is 27.8. The average molecular weight is 712 g/mol. The third-order valence-electron chi connectivity index (χ3n) is 11.9. The zero-order chi connectivity index (χ0) is 37.1. The summed E-state index contributed by atoms with van der Waals surface area (Å²) in [6.45, 7) is 0. The third-order valence-corrected chi connectivity index (χ3v) is 11.9. The molecule has 262 valence electrons. The minimum absolute atomic E-state index is 0.572. The Kier molecular flexibility index (Phi) is 7.47. The molecular formula is C55H37N. The van der Waals surface area contributed by atoms with E-state index in [0.29, 0.717) is 0 Å². The van der Waals surface area contributed by atoms with Crippen molar-refractivity contribution in [3.63, 3.8) is 0 Å². The molecule has 0 unspecified atom stereocenters. The molecule has 0 N–H and O–H groups in total. The van der Waals surface area contributed by atoms with Crippen molar-refractivity contribution < 1.29 is 0 Å². The van der Waals surface area contributed by atoms with Gasteiger partial charge in [-0.05, 0) is 91.0 Å². The van der Waals surface area contributed by atoms with Gasteiger partial charge < -0.3 is 4.90 Å². The molecule has 0 bridgehead atoms. The van der Waals surface area contributed by atoms with E-state index >= 15 is 0 Å². The highest BCUT2D eigenvalue weighted by Gasteiger charge is 2.49. The molecule has 0 fully saturated rings. The highest BCUT2D eigenvalue weighted by Crippen LogP contribution is 2.62. The molecule has 0 saturated carbocycles. The lowest BCUT2D eigenvalue weighted by Crippen LogP contribution is -2.29. The summed E-state index contributed by atoms with van der Waals surface area (Å²) in [6.07, 6.45) is 0. The zero-order valence-electron chi connectivity index (χ0n) is 30.8. The van der Waals surface area contributed by atoms with Gasteiger partial charge in [0.05, 0.1) is 16.8 Å². The minimum atomic E-state index is -0.572. The van der Waals surface area contributed by atoms with E-state index in [4.69, 9.17) is 0 Å². The van der Waals surface area contributed by atoms with Gasteiger partial charge in [-0.25, -0.2) is 0 Å². The van der Waals surface area contributed by atoms with Gasteiger partial charge in [0.15, 0.2) is 0 Å². The van der Waals surface area contributed by atoms with Gasteiger partial charge in [-0.1, -0.05) is 200 Å². The smallest absolute Gasteiger partial charge is 0.0726 e. The van der Waals surface area contributed by atoms with Crippen LogP contribution in [0.3, 0.4) is 0 Å². The molecule has 0 atom stereocenters. The molecule has 0 aromatic heterocycles. The Bertz CT molecular complexity index is 2790. The SMILES string of the molecule is c1ccc(-c2ccccc2N(c2ccc3c(c2)C2(c4ccccc4-c4ccccc4-3)c3ccccc3-c3ccccc32)c2ccccc2-c2ccccc2)cc1. The van der Waals surface area contributed by atoms with Gasteiger partial charge in [0, 0.05) is 16.8 Å². The fraction of sp³-hybridized carbons (Fsp3) is 0.0182. The molecular weight excluding hydrogens is 675 g/mol. The summed E-state index contributed by atoms with van der Waals surface area (Å²) in [5.41, 5.74) is 20.3. The second-order valence-corrected chi connectivity index (χ2v) is 14.8. The van der Waals surface area contributed by atoms with Crippen LogP contribution in [-0.4, -0.2) is 0 Å². The largest absolute Gasteiger partial charge is 0.309 e. The summed E-state index contributed by atoms with van der Waals surface area (Å²) >= 11 is 0. The highest BCUT2D eigenvalue weighted by molar-refractivity contribution is 5.99. The number of hydrogen-bond donors (Lipinski definition) is 0. The van der Waals surface area contributed by atoms with E-state index in [0.717, 1.165) is 17.1 Å². The van der Waals surface area contributed by atoms with E-state index in [1.54, 1.807) is 0 Å². The van der Waals surface area contributed by atoms with Crippen LogP contribution in [-0.2, 0) is 5.41 Å². The van der Waals surface area contributed by atoms with Crippen LogP contribution in [0.2, 0.25) is 0 Å². The lowest BCUT2D eigenvalue weighted by molar-refractivity contribution is 0.775. The lowest BCUT2D eigenvalue weighted by atomic mass is 9.66. The van der Waals surface area contributed by atoms with E-state index in [1.807, 2.05) is 0 Å². The van der Waals surface area contributed by atoms with Crippen molar-refractivity contribution >= 4 is 17.1 Å². The average Bonchev–Trinajstić information content (AvgIpc) is 3.52. The molecule has 2 aliphatic carbocycles. The number of para-hydroxylation sites is 2. The van der Waals surface area contributed by atoms with Crippen LogP contribution < -0.4 is 4.90 Å². The van der Waals surface area contributed by atoms with Gasteiger partial charge in [-0.2, -0.15) is 0 Å². The van der Waals surface area contributed by atoms with Crippen LogP contribution in [0.5, 0.6) is 0 Å². The number of rotatable bonds is 5. The van der Waals surface area contributed by atoms with E-state index in [1.165, 1.54) is 77.9 Å². The Labute approximate surface area is 328 Å². The summed E-state index contributed by atoms with van der Waals surface area (Å²) in [5.74, 6) is 0. The van der Waals surface area contributed by atoms with Crippen LogP contribution in [0, 0.1) is 0 Å². The fourth-order valence-electron chi connectivity index (χ4n) is 9.64. The molecule has 1 nitrogen and oxygen atoms in total. The molecule has 11 rings (SSSR count). The number of hydrogen-bond acceptors (Lipinski definition) is 1. The first kappa shape index (κ1) is 32.2. The van der Waals surface area contributed by atoms with E-state index < -0.39 is 5.41 Å². The standard InChI is InChI=1S/C55H37N/c1-3-19-38(20-4-1)41-23-12-17-33-53(41)56(54-34-18-13-24-42(54)39-21-5-2-6-22-39)40-35-36-48-44-26-8-7-25-43(44)45-27-9-14-30-49(45)55(52(48)37-40)50-31-15-10-28-46(50)47-29-11-16-32-51(47)55/h1-37H. The first-order valence-corrected chi connectivity index (χ1v) is 19.4. The Morgan fingerprint density at radius 1 is 0.250 bits per heavy atom. The number of anilines is 3. The van der Waals surface area contributed by atoms with Crippen molar-refractivity contribution in [1.82, 2.24) is 0 Å². The molecule has 0 aliphatic heterocycles. The summed E-state index contributed by atoms with van der Waals surface area (Å²) in [4.78, 5) is 2.49. The van der Waals surface area contributed by atoms with Crippen molar-refractivity contribution in [3.8, 4) is 55.6 Å². The molecule has 9 aromatic carbocycles. The molecule has 56 heavy (non-hydrogen) atoms. The van der Waals surface area contributed by atoms with Crippen LogP contribution in [0.15, 0.2) is 224 Å². The normalized spacial score (nSPS) is 12.8. The summed E-state index contributed by atoms with van der Waals surface area (Å²) in [5, 5.41) is 0. The molecule has 2 aliphatic rings. The quantitative estimate of drug-likeness (QED) is 0.172. The second-order valence-electron chi connectivity index (χ2n) is 14.8. The number of nitrogens with zero attached hydrogens (tertiary/aromatic N) is 1.